The Hall–Kier alpha value is -0.590. The van der Waals surface area contributed by atoms with E-state index in [1.165, 1.54) is 38.5 Å². The fourth-order valence-electron chi connectivity index (χ4n) is 6.29. The number of nitrogens with one attached hydrogen (secondary N) is 1. The zero-order valence-electron chi connectivity index (χ0n) is 12.7. The van der Waals surface area contributed by atoms with E-state index in [0.717, 1.165) is 43.7 Å². The van der Waals surface area contributed by atoms with Crippen molar-refractivity contribution in [2.24, 2.45) is 17.8 Å². The average Bonchev–Trinajstić information content (AvgIpc) is 2.46. The number of hydrogen-bond acceptors (Lipinski definition) is 3. The molecule has 0 radical (unpaired) electrons. The molecule has 1 heterocycles. The molecule has 5 fully saturated rings. The summed E-state index contributed by atoms with van der Waals surface area (Å²) in [6.07, 6.45) is 10.5. The van der Waals surface area contributed by atoms with Crippen LogP contribution in [0.4, 0.5) is 0 Å². The molecule has 4 bridgehead atoms. The van der Waals surface area contributed by atoms with E-state index in [0.29, 0.717) is 5.54 Å². The third-order valence-corrected chi connectivity index (χ3v) is 7.00. The van der Waals surface area contributed by atoms with Crippen molar-refractivity contribution in [3.8, 4) is 6.07 Å². The molecule has 4 saturated carbocycles. The molecule has 0 aromatic heterocycles. The minimum atomic E-state index is -0.198. The van der Waals surface area contributed by atoms with Crippen LogP contribution < -0.4 is 5.32 Å². The van der Waals surface area contributed by atoms with Gasteiger partial charge in [0.25, 0.3) is 0 Å². The van der Waals surface area contributed by atoms with E-state index in [1.54, 1.807) is 0 Å². The maximum atomic E-state index is 9.89. The number of nitriles is 1. The summed E-state index contributed by atoms with van der Waals surface area (Å²) >= 11 is 0. The molecular formula is C17H27N3. The highest BCUT2D eigenvalue weighted by atomic mass is 15.3. The van der Waals surface area contributed by atoms with Crippen molar-refractivity contribution in [3.63, 3.8) is 0 Å². The Kier molecular flexibility index (Phi) is 2.91. The van der Waals surface area contributed by atoms with Crippen molar-refractivity contribution >= 4 is 0 Å². The molecule has 4 aliphatic carbocycles. The quantitative estimate of drug-likeness (QED) is 0.840. The van der Waals surface area contributed by atoms with Gasteiger partial charge >= 0.3 is 0 Å². The number of rotatable bonds is 2. The zero-order chi connectivity index (χ0) is 13.8. The van der Waals surface area contributed by atoms with Gasteiger partial charge in [-0.2, -0.15) is 5.26 Å². The van der Waals surface area contributed by atoms with Gasteiger partial charge in [-0.15, -0.1) is 0 Å². The lowest BCUT2D eigenvalue weighted by Crippen LogP contribution is -2.66. The number of hydrogen-bond donors (Lipinski definition) is 1. The first-order chi connectivity index (χ1) is 9.66. The van der Waals surface area contributed by atoms with E-state index in [-0.39, 0.29) is 5.54 Å². The van der Waals surface area contributed by atoms with Gasteiger partial charge in [0.15, 0.2) is 0 Å². The molecular weight excluding hydrogens is 246 g/mol. The second-order valence-electron chi connectivity index (χ2n) is 8.09. The minimum absolute atomic E-state index is 0.198. The summed E-state index contributed by atoms with van der Waals surface area (Å²) in [5.74, 6) is 2.88. The minimum Gasteiger partial charge on any atom is -0.317 e. The van der Waals surface area contributed by atoms with Gasteiger partial charge in [-0.05, 0) is 89.3 Å². The standard InChI is InChI=1S/C17H27N3/c1-20(16(12-18)2-4-19-5-3-16)17-9-13-6-14(10-17)8-15(7-13)11-17/h13-15,19H,2-11H2,1H3. The van der Waals surface area contributed by atoms with Crippen LogP contribution in [0.1, 0.15) is 51.4 Å². The van der Waals surface area contributed by atoms with Gasteiger partial charge < -0.3 is 5.32 Å². The molecule has 0 aromatic rings. The largest absolute Gasteiger partial charge is 0.317 e. The molecule has 1 saturated heterocycles. The topological polar surface area (TPSA) is 39.1 Å². The molecule has 0 unspecified atom stereocenters. The van der Waals surface area contributed by atoms with Crippen LogP contribution in [-0.4, -0.2) is 36.1 Å². The van der Waals surface area contributed by atoms with Crippen LogP contribution in [0.3, 0.4) is 0 Å². The van der Waals surface area contributed by atoms with Crippen LogP contribution in [0, 0.1) is 29.1 Å². The predicted molar refractivity (Wildman–Crippen MR) is 79.1 cm³/mol. The van der Waals surface area contributed by atoms with Crippen molar-refractivity contribution in [2.75, 3.05) is 20.1 Å². The van der Waals surface area contributed by atoms with Crippen LogP contribution in [0.2, 0.25) is 0 Å². The Morgan fingerprint density at radius 2 is 1.50 bits per heavy atom. The third-order valence-electron chi connectivity index (χ3n) is 7.00. The highest BCUT2D eigenvalue weighted by Crippen LogP contribution is 2.58. The fourth-order valence-corrected chi connectivity index (χ4v) is 6.29. The fraction of sp³-hybridized carbons (Fsp3) is 0.941. The molecule has 0 amide bonds. The van der Waals surface area contributed by atoms with Crippen molar-refractivity contribution in [1.29, 1.82) is 5.26 Å². The van der Waals surface area contributed by atoms with Crippen molar-refractivity contribution < 1.29 is 0 Å². The van der Waals surface area contributed by atoms with Crippen molar-refractivity contribution in [1.82, 2.24) is 10.2 Å². The van der Waals surface area contributed by atoms with Crippen LogP contribution in [0.15, 0.2) is 0 Å². The van der Waals surface area contributed by atoms with E-state index >= 15 is 0 Å². The van der Waals surface area contributed by atoms with Crippen LogP contribution in [-0.2, 0) is 0 Å². The highest BCUT2D eigenvalue weighted by molar-refractivity contribution is 5.17. The molecule has 5 aliphatic rings. The van der Waals surface area contributed by atoms with Gasteiger partial charge in [-0.25, -0.2) is 0 Å². The van der Waals surface area contributed by atoms with Gasteiger partial charge in [0.05, 0.1) is 6.07 Å². The van der Waals surface area contributed by atoms with Crippen molar-refractivity contribution in [2.45, 2.75) is 62.4 Å². The van der Waals surface area contributed by atoms with Gasteiger partial charge in [-0.3, -0.25) is 4.90 Å². The first-order valence-corrected chi connectivity index (χ1v) is 8.52. The van der Waals surface area contributed by atoms with Crippen LogP contribution in [0.25, 0.3) is 0 Å². The second kappa shape index (κ2) is 4.45. The molecule has 0 atom stereocenters. The normalized spacial score (nSPS) is 45.5. The second-order valence-corrected chi connectivity index (χ2v) is 8.09. The lowest BCUT2D eigenvalue weighted by Gasteiger charge is -2.63. The molecule has 0 spiro atoms. The lowest BCUT2D eigenvalue weighted by atomic mass is 9.52. The maximum absolute atomic E-state index is 9.89. The summed E-state index contributed by atoms with van der Waals surface area (Å²) in [5.41, 5.74) is 0.165. The molecule has 3 heteroatoms. The van der Waals surface area contributed by atoms with Gasteiger partial charge in [0, 0.05) is 5.54 Å². The van der Waals surface area contributed by atoms with Gasteiger partial charge in [0.2, 0.25) is 0 Å². The Bertz CT molecular complexity index is 395. The Morgan fingerprint density at radius 1 is 1.00 bits per heavy atom. The molecule has 0 aromatic carbocycles. The van der Waals surface area contributed by atoms with Crippen molar-refractivity contribution in [3.05, 3.63) is 0 Å². The predicted octanol–water partition coefficient (Wildman–Crippen LogP) is 2.53. The van der Waals surface area contributed by atoms with E-state index < -0.39 is 0 Å². The number of piperidine rings is 1. The van der Waals surface area contributed by atoms with E-state index in [1.807, 2.05) is 0 Å². The summed E-state index contributed by atoms with van der Waals surface area (Å²) in [6, 6.07) is 2.73. The zero-order valence-corrected chi connectivity index (χ0v) is 12.7. The molecule has 1 aliphatic heterocycles. The summed E-state index contributed by atoms with van der Waals surface area (Å²) < 4.78 is 0. The highest BCUT2D eigenvalue weighted by Gasteiger charge is 2.56. The third kappa shape index (κ3) is 1.77. The first-order valence-electron chi connectivity index (χ1n) is 8.52. The Labute approximate surface area is 122 Å². The van der Waals surface area contributed by atoms with Gasteiger partial charge in [0.1, 0.15) is 5.54 Å². The molecule has 20 heavy (non-hydrogen) atoms. The first kappa shape index (κ1) is 13.1. The Balaban J connectivity index is 1.64. The maximum Gasteiger partial charge on any atom is 0.111 e. The molecule has 1 N–H and O–H groups in total. The van der Waals surface area contributed by atoms with E-state index in [4.69, 9.17) is 0 Å². The smallest absolute Gasteiger partial charge is 0.111 e. The summed E-state index contributed by atoms with van der Waals surface area (Å²) in [4.78, 5) is 2.57. The molecule has 110 valence electrons. The molecule has 3 nitrogen and oxygen atoms in total. The van der Waals surface area contributed by atoms with E-state index in [9.17, 15) is 5.26 Å². The van der Waals surface area contributed by atoms with Gasteiger partial charge in [-0.1, -0.05) is 0 Å². The van der Waals surface area contributed by atoms with Crippen LogP contribution in [0.5, 0.6) is 0 Å². The lowest BCUT2D eigenvalue weighted by molar-refractivity contribution is -0.112. The SMILES string of the molecule is CN(C1(C#N)CCNCC1)C12CC3CC(CC(C3)C1)C2. The van der Waals surface area contributed by atoms with Crippen LogP contribution >= 0.6 is 0 Å². The number of nitrogens with zero attached hydrogens (tertiary/aromatic N) is 2. The average molecular weight is 273 g/mol. The Morgan fingerprint density at radius 3 is 1.95 bits per heavy atom. The summed E-state index contributed by atoms with van der Waals surface area (Å²) in [6.45, 7) is 2.01. The van der Waals surface area contributed by atoms with E-state index in [2.05, 4.69) is 23.3 Å². The monoisotopic (exact) mass is 273 g/mol. The molecule has 5 rings (SSSR count). The summed E-state index contributed by atoms with van der Waals surface area (Å²) in [5, 5.41) is 13.3. The summed E-state index contributed by atoms with van der Waals surface area (Å²) in [7, 11) is 2.28.